The van der Waals surface area contributed by atoms with Gasteiger partial charge in [0, 0.05) is 12.8 Å². The first-order valence-electron chi connectivity index (χ1n) is 18.0. The van der Waals surface area contributed by atoms with E-state index in [1.807, 2.05) is 0 Å². The summed E-state index contributed by atoms with van der Waals surface area (Å²) in [6.45, 7) is 4.45. The molecule has 4 nitrogen and oxygen atoms in total. The SMILES string of the molecule is CCCCC/C=C\C/C=C\CCCC/C=C\CCCCCCCC(=O)OC(CCCCC)CCCCCCCC(=O)O. The molecule has 0 bridgehead atoms. The van der Waals surface area contributed by atoms with Crippen molar-refractivity contribution in [2.45, 2.75) is 193 Å². The molecule has 0 fully saturated rings. The number of aliphatic carboxylic acids is 1. The maximum absolute atomic E-state index is 12.4. The third kappa shape index (κ3) is 32.7. The fourth-order valence-electron chi connectivity index (χ4n) is 5.15. The van der Waals surface area contributed by atoms with Crippen LogP contribution in [0, 0.1) is 0 Å². The summed E-state index contributed by atoms with van der Waals surface area (Å²) >= 11 is 0. The van der Waals surface area contributed by atoms with E-state index in [4.69, 9.17) is 9.84 Å². The van der Waals surface area contributed by atoms with Gasteiger partial charge in [-0.05, 0) is 96.3 Å². The number of carbonyl (C=O) groups is 2. The van der Waals surface area contributed by atoms with Gasteiger partial charge >= 0.3 is 11.9 Å². The van der Waals surface area contributed by atoms with Crippen LogP contribution in [0.1, 0.15) is 187 Å². The molecular weight excluding hydrogens is 520 g/mol. The molecular formula is C38H68O4. The van der Waals surface area contributed by atoms with Crippen LogP contribution in [-0.2, 0) is 14.3 Å². The molecule has 0 aromatic rings. The predicted molar refractivity (Wildman–Crippen MR) is 181 cm³/mol. The summed E-state index contributed by atoms with van der Waals surface area (Å²) in [5.41, 5.74) is 0. The summed E-state index contributed by atoms with van der Waals surface area (Å²) in [4.78, 5) is 23.0. The fourth-order valence-corrected chi connectivity index (χ4v) is 5.15. The first-order chi connectivity index (χ1) is 20.6. The van der Waals surface area contributed by atoms with E-state index >= 15 is 0 Å². The van der Waals surface area contributed by atoms with Crippen molar-refractivity contribution >= 4 is 11.9 Å². The quantitative estimate of drug-likeness (QED) is 0.0482. The number of hydrogen-bond acceptors (Lipinski definition) is 3. The minimum absolute atomic E-state index is 0.0222. The van der Waals surface area contributed by atoms with Crippen LogP contribution in [0.3, 0.4) is 0 Å². The van der Waals surface area contributed by atoms with Crippen molar-refractivity contribution in [1.82, 2.24) is 0 Å². The van der Waals surface area contributed by atoms with Gasteiger partial charge in [0.2, 0.25) is 0 Å². The Kier molecular flexibility index (Phi) is 32.2. The van der Waals surface area contributed by atoms with Crippen molar-refractivity contribution in [3.8, 4) is 0 Å². The summed E-state index contributed by atoms with van der Waals surface area (Å²) in [5, 5.41) is 8.73. The lowest BCUT2D eigenvalue weighted by Gasteiger charge is -2.18. The Labute approximate surface area is 260 Å². The zero-order chi connectivity index (χ0) is 30.8. The molecule has 0 rings (SSSR count). The molecule has 244 valence electrons. The van der Waals surface area contributed by atoms with Crippen LogP contribution < -0.4 is 0 Å². The topological polar surface area (TPSA) is 63.6 Å². The third-order valence-electron chi connectivity index (χ3n) is 7.83. The van der Waals surface area contributed by atoms with E-state index in [9.17, 15) is 9.59 Å². The highest BCUT2D eigenvalue weighted by molar-refractivity contribution is 5.69. The smallest absolute Gasteiger partial charge is 0.306 e. The average molecular weight is 589 g/mol. The number of carbonyl (C=O) groups excluding carboxylic acids is 1. The number of hydrogen-bond donors (Lipinski definition) is 1. The van der Waals surface area contributed by atoms with E-state index in [0.717, 1.165) is 70.6 Å². The Bertz CT molecular complexity index is 679. The van der Waals surface area contributed by atoms with Gasteiger partial charge < -0.3 is 9.84 Å². The highest BCUT2D eigenvalue weighted by Gasteiger charge is 2.14. The standard InChI is InChI=1S/C38H68O4/c1-3-5-7-8-9-10-11-12-13-14-15-16-17-18-19-20-21-22-23-27-31-35-38(41)42-36(32-28-6-4-2)33-29-25-24-26-30-34-37(39)40/h9-10,12-13,18-19,36H,3-8,11,14-17,20-35H2,1-2H3,(H,39,40)/b10-9-,13-12-,19-18-. The Hall–Kier alpha value is -1.84. The van der Waals surface area contributed by atoms with Crippen LogP contribution in [0.5, 0.6) is 0 Å². The molecule has 4 heteroatoms. The molecule has 42 heavy (non-hydrogen) atoms. The molecule has 0 aromatic carbocycles. The molecule has 0 aliphatic rings. The van der Waals surface area contributed by atoms with E-state index < -0.39 is 5.97 Å². The normalized spacial score (nSPS) is 12.6. The summed E-state index contributed by atoms with van der Waals surface area (Å²) in [5.74, 6) is -0.728. The molecule has 0 aliphatic carbocycles. The molecule has 0 heterocycles. The molecule has 0 saturated carbocycles. The zero-order valence-corrected chi connectivity index (χ0v) is 27.8. The first-order valence-corrected chi connectivity index (χ1v) is 18.0. The maximum atomic E-state index is 12.4. The highest BCUT2D eigenvalue weighted by Crippen LogP contribution is 2.17. The van der Waals surface area contributed by atoms with Gasteiger partial charge in [-0.3, -0.25) is 9.59 Å². The molecule has 1 atom stereocenters. The van der Waals surface area contributed by atoms with Crippen LogP contribution >= 0.6 is 0 Å². The summed E-state index contributed by atoms with van der Waals surface area (Å²) in [6, 6.07) is 0. The average Bonchev–Trinajstić information content (AvgIpc) is 2.97. The van der Waals surface area contributed by atoms with E-state index in [1.165, 1.54) is 89.9 Å². The Morgan fingerprint density at radius 2 is 0.929 bits per heavy atom. The van der Waals surface area contributed by atoms with Gasteiger partial charge in [-0.25, -0.2) is 0 Å². The largest absolute Gasteiger partial charge is 0.481 e. The number of carboxylic acids is 1. The van der Waals surface area contributed by atoms with Crippen molar-refractivity contribution in [2.24, 2.45) is 0 Å². The predicted octanol–water partition coefficient (Wildman–Crippen LogP) is 12.2. The number of rotatable bonds is 32. The van der Waals surface area contributed by atoms with Gasteiger partial charge in [-0.1, -0.05) is 115 Å². The van der Waals surface area contributed by atoms with Gasteiger partial charge in [0.1, 0.15) is 6.10 Å². The summed E-state index contributed by atoms with van der Waals surface area (Å²) in [6.07, 6.45) is 43.3. The van der Waals surface area contributed by atoms with Crippen molar-refractivity contribution in [2.75, 3.05) is 0 Å². The molecule has 1 unspecified atom stereocenters. The minimum atomic E-state index is -0.706. The van der Waals surface area contributed by atoms with Crippen molar-refractivity contribution in [3.05, 3.63) is 36.5 Å². The number of allylic oxidation sites excluding steroid dienone is 6. The van der Waals surface area contributed by atoms with Gasteiger partial charge in [0.15, 0.2) is 0 Å². The van der Waals surface area contributed by atoms with E-state index in [0.29, 0.717) is 6.42 Å². The van der Waals surface area contributed by atoms with Crippen LogP contribution in [0.15, 0.2) is 36.5 Å². The van der Waals surface area contributed by atoms with Crippen molar-refractivity contribution in [1.29, 1.82) is 0 Å². The number of ether oxygens (including phenoxy) is 1. The fraction of sp³-hybridized carbons (Fsp3) is 0.789. The second-order valence-corrected chi connectivity index (χ2v) is 12.0. The second kappa shape index (κ2) is 33.7. The molecule has 0 radical (unpaired) electrons. The molecule has 0 amide bonds. The van der Waals surface area contributed by atoms with Gasteiger partial charge in [-0.15, -0.1) is 0 Å². The first kappa shape index (κ1) is 40.2. The van der Waals surface area contributed by atoms with Crippen LogP contribution in [0.25, 0.3) is 0 Å². The Morgan fingerprint density at radius 1 is 0.524 bits per heavy atom. The molecule has 0 aliphatic heterocycles. The number of unbranched alkanes of at least 4 members (excludes halogenated alkanes) is 17. The zero-order valence-electron chi connectivity index (χ0n) is 27.8. The molecule has 0 spiro atoms. The Morgan fingerprint density at radius 3 is 1.50 bits per heavy atom. The number of carboxylic acid groups (broad SMARTS) is 1. The van der Waals surface area contributed by atoms with Gasteiger partial charge in [-0.2, -0.15) is 0 Å². The maximum Gasteiger partial charge on any atom is 0.306 e. The highest BCUT2D eigenvalue weighted by atomic mass is 16.5. The lowest BCUT2D eigenvalue weighted by atomic mass is 10.0. The minimum Gasteiger partial charge on any atom is -0.481 e. The van der Waals surface area contributed by atoms with Crippen LogP contribution in [-0.4, -0.2) is 23.1 Å². The van der Waals surface area contributed by atoms with Crippen molar-refractivity contribution < 1.29 is 19.4 Å². The van der Waals surface area contributed by atoms with Crippen LogP contribution in [0.4, 0.5) is 0 Å². The summed E-state index contributed by atoms with van der Waals surface area (Å²) in [7, 11) is 0. The van der Waals surface area contributed by atoms with Gasteiger partial charge in [0.25, 0.3) is 0 Å². The van der Waals surface area contributed by atoms with Crippen LogP contribution in [0.2, 0.25) is 0 Å². The number of esters is 1. The Balaban J connectivity index is 3.71. The van der Waals surface area contributed by atoms with E-state index in [1.54, 1.807) is 0 Å². The van der Waals surface area contributed by atoms with E-state index in [2.05, 4.69) is 50.3 Å². The van der Waals surface area contributed by atoms with Crippen molar-refractivity contribution in [3.63, 3.8) is 0 Å². The molecule has 0 aromatic heterocycles. The lowest BCUT2D eigenvalue weighted by Crippen LogP contribution is -2.18. The molecule has 0 saturated heterocycles. The second-order valence-electron chi connectivity index (χ2n) is 12.0. The van der Waals surface area contributed by atoms with E-state index in [-0.39, 0.29) is 18.5 Å². The lowest BCUT2D eigenvalue weighted by molar-refractivity contribution is -0.150. The summed E-state index contributed by atoms with van der Waals surface area (Å²) < 4.78 is 5.87. The third-order valence-corrected chi connectivity index (χ3v) is 7.83. The molecule has 1 N–H and O–H groups in total. The monoisotopic (exact) mass is 589 g/mol. The van der Waals surface area contributed by atoms with Gasteiger partial charge in [0.05, 0.1) is 0 Å².